The molecule has 1 aliphatic heterocycles. The van der Waals surface area contributed by atoms with Crippen LogP contribution in [-0.4, -0.2) is 49.7 Å². The third-order valence-electron chi connectivity index (χ3n) is 4.17. The van der Waals surface area contributed by atoms with Gasteiger partial charge in [-0.05, 0) is 45.9 Å². The van der Waals surface area contributed by atoms with Crippen LogP contribution in [0.1, 0.15) is 37.3 Å². The Morgan fingerprint density at radius 1 is 1.35 bits per heavy atom. The number of thiazole rings is 1. The molecule has 0 aromatic carbocycles. The third-order valence-corrected chi connectivity index (χ3v) is 5.36. The SMILES string of the molecule is CCNCc1sc(N(C)C2CCN(C)CC2)nc1CC. The number of hydrogen-bond donors (Lipinski definition) is 1. The molecule has 0 atom stereocenters. The lowest BCUT2D eigenvalue weighted by Crippen LogP contribution is -2.41. The number of anilines is 1. The lowest BCUT2D eigenvalue weighted by molar-refractivity contribution is 0.253. The van der Waals surface area contributed by atoms with Gasteiger partial charge >= 0.3 is 0 Å². The fourth-order valence-corrected chi connectivity index (χ4v) is 3.86. The first kappa shape index (κ1) is 15.7. The van der Waals surface area contributed by atoms with E-state index >= 15 is 0 Å². The minimum atomic E-state index is 0.647. The van der Waals surface area contributed by atoms with E-state index in [-0.39, 0.29) is 0 Å². The monoisotopic (exact) mass is 296 g/mol. The maximum atomic E-state index is 4.87. The molecule has 0 aliphatic carbocycles. The number of rotatable bonds is 6. The molecule has 2 rings (SSSR count). The maximum Gasteiger partial charge on any atom is 0.185 e. The second-order valence-corrected chi connectivity index (χ2v) is 6.71. The van der Waals surface area contributed by atoms with E-state index in [2.05, 4.69) is 43.1 Å². The summed E-state index contributed by atoms with van der Waals surface area (Å²) in [5.41, 5.74) is 1.27. The number of nitrogens with zero attached hydrogens (tertiary/aromatic N) is 3. The molecule has 0 unspecified atom stereocenters. The molecule has 2 heterocycles. The van der Waals surface area contributed by atoms with Gasteiger partial charge in [-0.2, -0.15) is 0 Å². The van der Waals surface area contributed by atoms with Gasteiger partial charge in [-0.3, -0.25) is 0 Å². The largest absolute Gasteiger partial charge is 0.348 e. The number of hydrogen-bond acceptors (Lipinski definition) is 5. The van der Waals surface area contributed by atoms with E-state index in [9.17, 15) is 0 Å². The minimum Gasteiger partial charge on any atom is -0.348 e. The molecule has 1 N–H and O–H groups in total. The van der Waals surface area contributed by atoms with Gasteiger partial charge in [0, 0.05) is 24.5 Å². The van der Waals surface area contributed by atoms with Crippen molar-refractivity contribution in [3.05, 3.63) is 10.6 Å². The topological polar surface area (TPSA) is 31.4 Å². The number of nitrogens with one attached hydrogen (secondary N) is 1. The number of aryl methyl sites for hydroxylation is 1. The van der Waals surface area contributed by atoms with Gasteiger partial charge in [0.1, 0.15) is 0 Å². The molecule has 0 saturated carbocycles. The van der Waals surface area contributed by atoms with Gasteiger partial charge in [0.15, 0.2) is 5.13 Å². The van der Waals surface area contributed by atoms with Crippen LogP contribution < -0.4 is 10.2 Å². The van der Waals surface area contributed by atoms with Crippen LogP contribution >= 0.6 is 11.3 Å². The van der Waals surface area contributed by atoms with Crippen molar-refractivity contribution in [3.63, 3.8) is 0 Å². The Kier molecular flexibility index (Phi) is 5.81. The Hall–Kier alpha value is -0.650. The summed E-state index contributed by atoms with van der Waals surface area (Å²) in [6.45, 7) is 8.72. The molecule has 1 aromatic rings. The molecule has 114 valence electrons. The van der Waals surface area contributed by atoms with Crippen molar-refractivity contribution in [1.82, 2.24) is 15.2 Å². The highest BCUT2D eigenvalue weighted by atomic mass is 32.1. The molecule has 20 heavy (non-hydrogen) atoms. The van der Waals surface area contributed by atoms with Crippen LogP contribution in [0, 0.1) is 0 Å². The zero-order chi connectivity index (χ0) is 14.5. The number of likely N-dealkylation sites (tertiary alicyclic amines) is 1. The molecule has 4 nitrogen and oxygen atoms in total. The molecule has 1 fully saturated rings. The van der Waals surface area contributed by atoms with Crippen molar-refractivity contribution in [2.45, 2.75) is 45.7 Å². The Morgan fingerprint density at radius 2 is 2.05 bits per heavy atom. The molecule has 5 heteroatoms. The van der Waals surface area contributed by atoms with Crippen LogP contribution in [0.3, 0.4) is 0 Å². The maximum absolute atomic E-state index is 4.87. The lowest BCUT2D eigenvalue weighted by Gasteiger charge is -2.34. The van der Waals surface area contributed by atoms with E-state index < -0.39 is 0 Å². The van der Waals surface area contributed by atoms with Gasteiger partial charge in [-0.25, -0.2) is 4.98 Å². The zero-order valence-electron chi connectivity index (χ0n) is 13.3. The van der Waals surface area contributed by atoms with Crippen molar-refractivity contribution < 1.29 is 0 Å². The van der Waals surface area contributed by atoms with Crippen LogP contribution in [-0.2, 0) is 13.0 Å². The smallest absolute Gasteiger partial charge is 0.185 e. The zero-order valence-corrected chi connectivity index (χ0v) is 14.1. The first-order chi connectivity index (χ1) is 9.65. The summed E-state index contributed by atoms with van der Waals surface area (Å²) in [7, 11) is 4.43. The first-order valence-corrected chi connectivity index (χ1v) is 8.58. The molecule has 1 aromatic heterocycles. The average molecular weight is 296 g/mol. The van der Waals surface area contributed by atoms with Crippen LogP contribution in [0.2, 0.25) is 0 Å². The summed E-state index contributed by atoms with van der Waals surface area (Å²) in [6.07, 6.45) is 3.52. The first-order valence-electron chi connectivity index (χ1n) is 7.76. The highest BCUT2D eigenvalue weighted by Gasteiger charge is 2.23. The lowest BCUT2D eigenvalue weighted by atomic mass is 10.0. The van der Waals surface area contributed by atoms with Crippen LogP contribution in [0.15, 0.2) is 0 Å². The molecule has 0 spiro atoms. The third kappa shape index (κ3) is 3.71. The summed E-state index contributed by atoms with van der Waals surface area (Å²) >= 11 is 1.87. The summed E-state index contributed by atoms with van der Waals surface area (Å²) in [5, 5.41) is 4.62. The second-order valence-electron chi connectivity index (χ2n) is 5.65. The predicted molar refractivity (Wildman–Crippen MR) is 87.8 cm³/mol. The molecule has 1 aliphatic rings. The fraction of sp³-hybridized carbons (Fsp3) is 0.800. The van der Waals surface area contributed by atoms with Gasteiger partial charge in [-0.15, -0.1) is 11.3 Å². The molecule has 0 bridgehead atoms. The van der Waals surface area contributed by atoms with Gasteiger partial charge in [0.25, 0.3) is 0 Å². The summed E-state index contributed by atoms with van der Waals surface area (Å²) in [6, 6.07) is 0.647. The second kappa shape index (κ2) is 7.38. The average Bonchev–Trinajstić information content (AvgIpc) is 2.88. The molecule has 1 saturated heterocycles. The van der Waals surface area contributed by atoms with Crippen LogP contribution in [0.25, 0.3) is 0 Å². The molecular formula is C15H28N4S. The van der Waals surface area contributed by atoms with E-state index in [0.29, 0.717) is 6.04 Å². The van der Waals surface area contributed by atoms with Crippen LogP contribution in [0.5, 0.6) is 0 Å². The van der Waals surface area contributed by atoms with Gasteiger partial charge in [-0.1, -0.05) is 13.8 Å². The standard InChI is InChI=1S/C15H28N4S/c1-5-13-14(11-16-6-2)20-15(17-13)19(4)12-7-9-18(3)10-8-12/h12,16H,5-11H2,1-4H3. The molecule has 0 amide bonds. The van der Waals surface area contributed by atoms with E-state index in [4.69, 9.17) is 4.98 Å². The van der Waals surface area contributed by atoms with Crippen molar-refractivity contribution in [3.8, 4) is 0 Å². The van der Waals surface area contributed by atoms with E-state index in [0.717, 1.165) is 19.5 Å². The van der Waals surface area contributed by atoms with Gasteiger partial charge in [0.2, 0.25) is 0 Å². The van der Waals surface area contributed by atoms with Crippen molar-refractivity contribution in [2.75, 3.05) is 38.6 Å². The Labute approximate surface area is 127 Å². The Bertz CT molecular complexity index is 410. The predicted octanol–water partition coefficient (Wildman–Crippen LogP) is 2.35. The molecule has 0 radical (unpaired) electrons. The highest BCUT2D eigenvalue weighted by molar-refractivity contribution is 7.15. The summed E-state index contributed by atoms with van der Waals surface area (Å²) in [5.74, 6) is 0. The Morgan fingerprint density at radius 3 is 2.65 bits per heavy atom. The van der Waals surface area contributed by atoms with E-state index in [1.54, 1.807) is 0 Å². The van der Waals surface area contributed by atoms with Crippen molar-refractivity contribution >= 4 is 16.5 Å². The minimum absolute atomic E-state index is 0.647. The van der Waals surface area contributed by atoms with Crippen molar-refractivity contribution in [2.24, 2.45) is 0 Å². The normalized spacial score (nSPS) is 17.6. The van der Waals surface area contributed by atoms with E-state index in [1.807, 2.05) is 11.3 Å². The highest BCUT2D eigenvalue weighted by Crippen LogP contribution is 2.29. The van der Waals surface area contributed by atoms with E-state index in [1.165, 1.54) is 41.6 Å². The summed E-state index contributed by atoms with van der Waals surface area (Å²) in [4.78, 5) is 11.1. The number of piperidine rings is 1. The number of aromatic nitrogens is 1. The van der Waals surface area contributed by atoms with Gasteiger partial charge in [0.05, 0.1) is 5.69 Å². The Balaban J connectivity index is 2.05. The fourth-order valence-electron chi connectivity index (χ4n) is 2.71. The molecular weight excluding hydrogens is 268 g/mol. The summed E-state index contributed by atoms with van der Waals surface area (Å²) < 4.78 is 0. The van der Waals surface area contributed by atoms with Crippen molar-refractivity contribution in [1.29, 1.82) is 0 Å². The van der Waals surface area contributed by atoms with Gasteiger partial charge < -0.3 is 15.1 Å². The quantitative estimate of drug-likeness (QED) is 0.873. The van der Waals surface area contributed by atoms with Crippen LogP contribution in [0.4, 0.5) is 5.13 Å².